The van der Waals surface area contributed by atoms with Gasteiger partial charge in [-0.15, -0.1) is 0 Å². The summed E-state index contributed by atoms with van der Waals surface area (Å²) in [6.07, 6.45) is 1.37. The molecule has 1 N–H and O–H groups in total. The van der Waals surface area contributed by atoms with Crippen molar-refractivity contribution in [1.29, 1.82) is 0 Å². The number of halogens is 1. The highest BCUT2D eigenvalue weighted by molar-refractivity contribution is 5.74. The van der Waals surface area contributed by atoms with E-state index in [-0.39, 0.29) is 5.82 Å². The van der Waals surface area contributed by atoms with Crippen molar-refractivity contribution >= 4 is 5.97 Å². The van der Waals surface area contributed by atoms with Crippen molar-refractivity contribution in [2.24, 2.45) is 0 Å². The van der Waals surface area contributed by atoms with Gasteiger partial charge in [0.2, 0.25) is 0 Å². The molecule has 4 rings (SSSR count). The van der Waals surface area contributed by atoms with Crippen molar-refractivity contribution in [1.82, 2.24) is 4.90 Å². The van der Waals surface area contributed by atoms with Crippen molar-refractivity contribution in [3.05, 3.63) is 101 Å². The predicted molar refractivity (Wildman–Crippen MR) is 113 cm³/mol. The number of likely N-dealkylation sites (tertiary alicyclic amines) is 1. The molecule has 3 aromatic rings. The van der Waals surface area contributed by atoms with Crippen molar-refractivity contribution < 1.29 is 19.0 Å². The minimum absolute atomic E-state index is 0.341. The molecule has 0 aromatic heterocycles. The van der Waals surface area contributed by atoms with E-state index >= 15 is 0 Å². The smallest absolute Gasteiger partial charge is 0.320 e. The fourth-order valence-corrected chi connectivity index (χ4v) is 4.16. The fourth-order valence-electron chi connectivity index (χ4n) is 4.16. The number of carboxylic acids is 1. The van der Waals surface area contributed by atoms with E-state index in [0.29, 0.717) is 25.3 Å². The highest BCUT2D eigenvalue weighted by Gasteiger charge is 2.38. The van der Waals surface area contributed by atoms with E-state index in [1.807, 2.05) is 65.6 Å². The van der Waals surface area contributed by atoms with Gasteiger partial charge in [-0.1, -0.05) is 60.7 Å². The van der Waals surface area contributed by atoms with Gasteiger partial charge in [0.25, 0.3) is 0 Å². The zero-order valence-corrected chi connectivity index (χ0v) is 16.6. The lowest BCUT2D eigenvalue weighted by Crippen LogP contribution is -2.39. The fraction of sp³-hybridized carbons (Fsp3) is 0.240. The molecule has 5 heteroatoms. The number of nitrogens with zero attached hydrogens (tertiary/aromatic N) is 1. The molecule has 4 nitrogen and oxygen atoms in total. The van der Waals surface area contributed by atoms with Crippen molar-refractivity contribution in [2.45, 2.75) is 31.5 Å². The van der Waals surface area contributed by atoms with Crippen LogP contribution in [0.2, 0.25) is 0 Å². The zero-order valence-electron chi connectivity index (χ0n) is 16.6. The Morgan fingerprint density at radius 1 is 1.07 bits per heavy atom. The number of carboxylic acid groups (broad SMARTS) is 1. The SMILES string of the molecule is O=C(O)C1CCCN1C(c1cccc(F)c1)c1ccccc1OCc1ccccc1. The van der Waals surface area contributed by atoms with Gasteiger partial charge in [-0.2, -0.15) is 0 Å². The third kappa shape index (κ3) is 4.36. The van der Waals surface area contributed by atoms with Gasteiger partial charge < -0.3 is 9.84 Å². The number of aliphatic carboxylic acids is 1. The third-order valence-corrected chi connectivity index (χ3v) is 5.53. The Morgan fingerprint density at radius 3 is 2.60 bits per heavy atom. The number of hydrogen-bond acceptors (Lipinski definition) is 3. The molecule has 0 bridgehead atoms. The van der Waals surface area contributed by atoms with Gasteiger partial charge in [0, 0.05) is 12.1 Å². The Morgan fingerprint density at radius 2 is 1.83 bits per heavy atom. The maximum atomic E-state index is 14.1. The maximum Gasteiger partial charge on any atom is 0.320 e. The van der Waals surface area contributed by atoms with E-state index in [1.54, 1.807) is 6.07 Å². The second-order valence-corrected chi connectivity index (χ2v) is 7.50. The second kappa shape index (κ2) is 9.09. The third-order valence-electron chi connectivity index (χ3n) is 5.53. The molecule has 1 saturated heterocycles. The molecule has 0 amide bonds. The van der Waals surface area contributed by atoms with Gasteiger partial charge >= 0.3 is 5.97 Å². The summed E-state index contributed by atoms with van der Waals surface area (Å²) in [5.41, 5.74) is 2.60. The van der Waals surface area contributed by atoms with E-state index < -0.39 is 18.1 Å². The maximum absolute atomic E-state index is 14.1. The minimum Gasteiger partial charge on any atom is -0.489 e. The van der Waals surface area contributed by atoms with E-state index in [4.69, 9.17) is 4.74 Å². The van der Waals surface area contributed by atoms with Crippen LogP contribution in [0.25, 0.3) is 0 Å². The molecular formula is C25H24FNO3. The molecule has 0 saturated carbocycles. The molecule has 0 aliphatic carbocycles. The summed E-state index contributed by atoms with van der Waals surface area (Å²) in [6, 6.07) is 22.9. The molecule has 2 atom stereocenters. The van der Waals surface area contributed by atoms with Crippen LogP contribution in [0.5, 0.6) is 5.75 Å². The summed E-state index contributed by atoms with van der Waals surface area (Å²) in [7, 11) is 0. The van der Waals surface area contributed by atoms with Crippen LogP contribution in [-0.4, -0.2) is 28.6 Å². The molecule has 1 fully saturated rings. The molecular weight excluding hydrogens is 381 g/mol. The van der Waals surface area contributed by atoms with Crippen LogP contribution in [0.1, 0.15) is 35.6 Å². The van der Waals surface area contributed by atoms with Gasteiger partial charge in [-0.05, 0) is 42.2 Å². The number of carbonyl (C=O) groups is 1. The average molecular weight is 405 g/mol. The molecule has 30 heavy (non-hydrogen) atoms. The Balaban J connectivity index is 1.73. The van der Waals surface area contributed by atoms with Gasteiger partial charge in [0.05, 0.1) is 6.04 Å². The number of hydrogen-bond donors (Lipinski definition) is 1. The summed E-state index contributed by atoms with van der Waals surface area (Å²) in [5.74, 6) is -0.519. The molecule has 0 radical (unpaired) electrons. The number of ether oxygens (including phenoxy) is 1. The van der Waals surface area contributed by atoms with E-state index in [9.17, 15) is 14.3 Å². The van der Waals surface area contributed by atoms with Crippen molar-refractivity contribution in [3.8, 4) is 5.75 Å². The summed E-state index contributed by atoms with van der Waals surface area (Å²) in [6.45, 7) is 1.03. The van der Waals surface area contributed by atoms with E-state index in [0.717, 1.165) is 23.1 Å². The molecule has 3 aromatic carbocycles. The van der Waals surface area contributed by atoms with Crippen LogP contribution >= 0.6 is 0 Å². The Hall–Kier alpha value is -3.18. The van der Waals surface area contributed by atoms with Crippen molar-refractivity contribution in [2.75, 3.05) is 6.54 Å². The van der Waals surface area contributed by atoms with Gasteiger partial charge in [0.1, 0.15) is 24.2 Å². The first-order valence-electron chi connectivity index (χ1n) is 10.1. The van der Waals surface area contributed by atoms with Crippen LogP contribution in [0.3, 0.4) is 0 Å². The van der Waals surface area contributed by atoms with Gasteiger partial charge in [-0.3, -0.25) is 9.69 Å². The van der Waals surface area contributed by atoms with E-state index in [2.05, 4.69) is 0 Å². The van der Waals surface area contributed by atoms with Crippen LogP contribution < -0.4 is 4.74 Å². The molecule has 1 aliphatic rings. The Kier molecular flexibility index (Phi) is 6.10. The first-order chi connectivity index (χ1) is 14.6. The standard InChI is InChI=1S/C25H24FNO3/c26-20-11-6-10-19(16-20)24(27-15-7-13-22(27)25(28)29)21-12-4-5-14-23(21)30-17-18-8-2-1-3-9-18/h1-6,8-12,14,16,22,24H,7,13,15,17H2,(H,28,29). The van der Waals surface area contributed by atoms with Crippen LogP contribution in [0.15, 0.2) is 78.9 Å². The summed E-state index contributed by atoms with van der Waals surface area (Å²) in [4.78, 5) is 13.8. The topological polar surface area (TPSA) is 49.8 Å². The highest BCUT2D eigenvalue weighted by Crippen LogP contribution is 2.39. The van der Waals surface area contributed by atoms with E-state index in [1.165, 1.54) is 12.1 Å². The van der Waals surface area contributed by atoms with Gasteiger partial charge in [0.15, 0.2) is 0 Å². The summed E-state index contributed by atoms with van der Waals surface area (Å²) in [5, 5.41) is 9.76. The molecule has 1 aliphatic heterocycles. The Bertz CT molecular complexity index is 1010. The lowest BCUT2D eigenvalue weighted by molar-refractivity contribution is -0.142. The molecule has 1 heterocycles. The largest absolute Gasteiger partial charge is 0.489 e. The first kappa shape index (κ1) is 20.1. The second-order valence-electron chi connectivity index (χ2n) is 7.50. The highest BCUT2D eigenvalue weighted by atomic mass is 19.1. The lowest BCUT2D eigenvalue weighted by Gasteiger charge is -2.33. The lowest BCUT2D eigenvalue weighted by atomic mass is 9.95. The zero-order chi connectivity index (χ0) is 20.9. The van der Waals surface area contributed by atoms with Crippen molar-refractivity contribution in [3.63, 3.8) is 0 Å². The number of para-hydroxylation sites is 1. The quantitative estimate of drug-likeness (QED) is 0.598. The van der Waals surface area contributed by atoms with Crippen LogP contribution in [-0.2, 0) is 11.4 Å². The number of rotatable bonds is 7. The summed E-state index contributed by atoms with van der Waals surface area (Å²) >= 11 is 0. The minimum atomic E-state index is -0.850. The van der Waals surface area contributed by atoms with Crippen LogP contribution in [0, 0.1) is 5.82 Å². The monoisotopic (exact) mass is 405 g/mol. The number of benzene rings is 3. The predicted octanol–water partition coefficient (Wildman–Crippen LogP) is 5.04. The average Bonchev–Trinajstić information content (AvgIpc) is 3.24. The normalized spacial score (nSPS) is 17.6. The van der Waals surface area contributed by atoms with Crippen LogP contribution in [0.4, 0.5) is 4.39 Å². The summed E-state index contributed by atoms with van der Waals surface area (Å²) < 4.78 is 20.2. The Labute approximate surface area is 175 Å². The molecule has 0 spiro atoms. The first-order valence-corrected chi connectivity index (χ1v) is 10.1. The molecule has 154 valence electrons. The van der Waals surface area contributed by atoms with Gasteiger partial charge in [-0.25, -0.2) is 4.39 Å². The molecule has 2 unspecified atom stereocenters.